The van der Waals surface area contributed by atoms with Gasteiger partial charge < -0.3 is 20.5 Å². The number of nitrogens with one attached hydrogen (secondary N) is 2. The number of hydrogen-bond donors (Lipinski definition) is 3. The summed E-state index contributed by atoms with van der Waals surface area (Å²) < 4.78 is 5.28. The normalized spacial score (nSPS) is 16.2. The Bertz CT molecular complexity index is 623. The van der Waals surface area contributed by atoms with Crippen LogP contribution in [0.1, 0.15) is 43.0 Å². The van der Waals surface area contributed by atoms with Crippen LogP contribution in [-0.4, -0.2) is 41.6 Å². The van der Waals surface area contributed by atoms with E-state index in [9.17, 15) is 14.4 Å². The minimum atomic E-state index is -0.957. The highest BCUT2D eigenvalue weighted by Crippen LogP contribution is 2.25. The lowest BCUT2D eigenvalue weighted by atomic mass is 9.86. The number of amides is 2. The quantitative estimate of drug-likeness (QED) is 0.735. The van der Waals surface area contributed by atoms with E-state index in [-0.39, 0.29) is 18.2 Å². The monoisotopic (exact) mass is 334 g/mol. The molecule has 1 aromatic carbocycles. The van der Waals surface area contributed by atoms with E-state index in [0.717, 1.165) is 0 Å². The number of rotatable bonds is 6. The maximum absolute atomic E-state index is 12.5. The van der Waals surface area contributed by atoms with Gasteiger partial charge in [0.1, 0.15) is 0 Å². The molecule has 0 aliphatic carbocycles. The van der Waals surface area contributed by atoms with Gasteiger partial charge >= 0.3 is 5.97 Å². The molecular formula is C17H22N2O5. The molecule has 1 aliphatic rings. The lowest BCUT2D eigenvalue weighted by Crippen LogP contribution is -2.53. The molecule has 130 valence electrons. The van der Waals surface area contributed by atoms with Crippen LogP contribution in [0.3, 0.4) is 0 Å². The van der Waals surface area contributed by atoms with Crippen molar-refractivity contribution in [3.63, 3.8) is 0 Å². The van der Waals surface area contributed by atoms with Crippen LogP contribution >= 0.6 is 0 Å². The zero-order chi connectivity index (χ0) is 17.6. The van der Waals surface area contributed by atoms with Gasteiger partial charge in [-0.3, -0.25) is 14.4 Å². The Morgan fingerprint density at radius 3 is 2.58 bits per heavy atom. The molecule has 0 atom stereocenters. The highest BCUT2D eigenvalue weighted by molar-refractivity contribution is 5.97. The third kappa shape index (κ3) is 4.79. The van der Waals surface area contributed by atoms with Gasteiger partial charge in [-0.05, 0) is 31.0 Å². The van der Waals surface area contributed by atoms with E-state index in [0.29, 0.717) is 43.7 Å². The molecule has 0 bridgehead atoms. The van der Waals surface area contributed by atoms with Crippen LogP contribution in [0, 0.1) is 0 Å². The van der Waals surface area contributed by atoms with Crippen molar-refractivity contribution < 1.29 is 24.2 Å². The maximum atomic E-state index is 12.5. The van der Waals surface area contributed by atoms with E-state index in [1.165, 1.54) is 0 Å². The Kier molecular flexibility index (Phi) is 5.92. The third-order valence-corrected chi connectivity index (χ3v) is 4.05. The average molecular weight is 334 g/mol. The summed E-state index contributed by atoms with van der Waals surface area (Å²) in [7, 11) is 0. The summed E-state index contributed by atoms with van der Waals surface area (Å²) in [4.78, 5) is 35.2. The minimum absolute atomic E-state index is 0.140. The molecule has 1 aliphatic heterocycles. The second-order valence-corrected chi connectivity index (χ2v) is 5.90. The molecule has 1 heterocycles. The van der Waals surface area contributed by atoms with E-state index >= 15 is 0 Å². The number of carboxylic acids is 1. The fraction of sp³-hybridized carbons (Fsp3) is 0.471. The molecule has 1 aromatic rings. The van der Waals surface area contributed by atoms with Gasteiger partial charge in [-0.2, -0.15) is 0 Å². The Labute approximate surface area is 140 Å². The molecule has 0 spiro atoms. The molecular weight excluding hydrogens is 312 g/mol. The van der Waals surface area contributed by atoms with Crippen molar-refractivity contribution in [2.75, 3.05) is 18.5 Å². The predicted molar refractivity (Wildman–Crippen MR) is 87.9 cm³/mol. The molecule has 1 fully saturated rings. The van der Waals surface area contributed by atoms with E-state index in [2.05, 4.69) is 10.6 Å². The maximum Gasteiger partial charge on any atom is 0.305 e. The van der Waals surface area contributed by atoms with E-state index < -0.39 is 11.5 Å². The number of carboxylic acid groups (broad SMARTS) is 1. The fourth-order valence-corrected chi connectivity index (χ4v) is 2.70. The van der Waals surface area contributed by atoms with Gasteiger partial charge in [0.25, 0.3) is 5.91 Å². The topological polar surface area (TPSA) is 105 Å². The van der Waals surface area contributed by atoms with Crippen LogP contribution in [0.4, 0.5) is 5.69 Å². The van der Waals surface area contributed by atoms with E-state index in [4.69, 9.17) is 9.84 Å². The standard InChI is InChI=1S/C17H22N2O5/c1-2-14(20)18-13-5-3-4-12(10-13)16(23)19-17(11-15(21)22)6-8-24-9-7-17/h3-5,10H,2,6-9,11H2,1H3,(H,18,20)(H,19,23)(H,21,22). The van der Waals surface area contributed by atoms with E-state index in [1.54, 1.807) is 31.2 Å². The van der Waals surface area contributed by atoms with Crippen LogP contribution in [0.5, 0.6) is 0 Å². The van der Waals surface area contributed by atoms with Gasteiger partial charge in [0.2, 0.25) is 5.91 Å². The first-order chi connectivity index (χ1) is 11.4. The van der Waals surface area contributed by atoms with Gasteiger partial charge in [0.05, 0.1) is 12.0 Å². The molecule has 2 rings (SSSR count). The minimum Gasteiger partial charge on any atom is -0.481 e. The Morgan fingerprint density at radius 2 is 1.96 bits per heavy atom. The van der Waals surface area contributed by atoms with Crippen LogP contribution in [-0.2, 0) is 14.3 Å². The first-order valence-electron chi connectivity index (χ1n) is 7.96. The smallest absolute Gasteiger partial charge is 0.305 e. The van der Waals surface area contributed by atoms with Gasteiger partial charge in [-0.25, -0.2) is 0 Å². The highest BCUT2D eigenvalue weighted by atomic mass is 16.5. The highest BCUT2D eigenvalue weighted by Gasteiger charge is 2.36. The van der Waals surface area contributed by atoms with Crippen molar-refractivity contribution in [2.45, 2.75) is 38.1 Å². The first-order valence-corrected chi connectivity index (χ1v) is 7.96. The summed E-state index contributed by atoms with van der Waals surface area (Å²) in [6, 6.07) is 6.58. The fourth-order valence-electron chi connectivity index (χ4n) is 2.70. The second-order valence-electron chi connectivity index (χ2n) is 5.90. The number of ether oxygens (including phenoxy) is 1. The number of benzene rings is 1. The second kappa shape index (κ2) is 7.92. The van der Waals surface area contributed by atoms with Crippen molar-refractivity contribution in [2.24, 2.45) is 0 Å². The van der Waals surface area contributed by atoms with Crippen molar-refractivity contribution >= 4 is 23.5 Å². The summed E-state index contributed by atoms with van der Waals surface area (Å²) >= 11 is 0. The van der Waals surface area contributed by atoms with Crippen molar-refractivity contribution in [1.82, 2.24) is 5.32 Å². The number of hydrogen-bond acceptors (Lipinski definition) is 4. The average Bonchev–Trinajstić information content (AvgIpc) is 2.55. The summed E-state index contributed by atoms with van der Waals surface area (Å²) in [5.74, 6) is -1.45. The summed E-state index contributed by atoms with van der Waals surface area (Å²) in [5, 5.41) is 14.7. The predicted octanol–water partition coefficient (Wildman–Crippen LogP) is 1.79. The molecule has 1 saturated heterocycles. The Morgan fingerprint density at radius 1 is 1.25 bits per heavy atom. The largest absolute Gasteiger partial charge is 0.481 e. The third-order valence-electron chi connectivity index (χ3n) is 4.05. The van der Waals surface area contributed by atoms with Crippen LogP contribution in [0.15, 0.2) is 24.3 Å². The SMILES string of the molecule is CCC(=O)Nc1cccc(C(=O)NC2(CC(=O)O)CCOCC2)c1. The van der Waals surface area contributed by atoms with Crippen molar-refractivity contribution in [3.05, 3.63) is 29.8 Å². The van der Waals surface area contributed by atoms with Crippen LogP contribution < -0.4 is 10.6 Å². The molecule has 2 amide bonds. The Balaban J connectivity index is 2.13. The lowest BCUT2D eigenvalue weighted by molar-refractivity contribution is -0.139. The van der Waals surface area contributed by atoms with Crippen LogP contribution in [0.2, 0.25) is 0 Å². The molecule has 0 radical (unpaired) electrons. The van der Waals surface area contributed by atoms with Gasteiger partial charge in [0.15, 0.2) is 0 Å². The molecule has 7 heteroatoms. The number of aliphatic carboxylic acids is 1. The molecule has 7 nitrogen and oxygen atoms in total. The van der Waals surface area contributed by atoms with E-state index in [1.807, 2.05) is 0 Å². The number of anilines is 1. The summed E-state index contributed by atoms with van der Waals surface area (Å²) in [6.07, 6.45) is 1.11. The lowest BCUT2D eigenvalue weighted by Gasteiger charge is -2.36. The van der Waals surface area contributed by atoms with Crippen molar-refractivity contribution in [3.8, 4) is 0 Å². The molecule has 0 saturated carbocycles. The van der Waals surface area contributed by atoms with Gasteiger partial charge in [-0.15, -0.1) is 0 Å². The Hall–Kier alpha value is -2.41. The molecule has 24 heavy (non-hydrogen) atoms. The summed E-state index contributed by atoms with van der Waals surface area (Å²) in [5.41, 5.74) is 0.109. The van der Waals surface area contributed by atoms with Gasteiger partial charge in [0, 0.05) is 30.9 Å². The zero-order valence-corrected chi connectivity index (χ0v) is 13.6. The van der Waals surface area contributed by atoms with Crippen molar-refractivity contribution in [1.29, 1.82) is 0 Å². The van der Waals surface area contributed by atoms with Crippen LogP contribution in [0.25, 0.3) is 0 Å². The molecule has 3 N–H and O–H groups in total. The number of carbonyl (C=O) groups excluding carboxylic acids is 2. The molecule has 0 unspecified atom stereocenters. The molecule has 0 aromatic heterocycles. The summed E-state index contributed by atoms with van der Waals surface area (Å²) in [6.45, 7) is 2.58. The first kappa shape index (κ1) is 17.9. The van der Waals surface area contributed by atoms with Gasteiger partial charge in [-0.1, -0.05) is 13.0 Å². The number of carbonyl (C=O) groups is 3. The zero-order valence-electron chi connectivity index (χ0n) is 13.6.